The normalized spacial score (nSPS) is 13.0. The van der Waals surface area contributed by atoms with Crippen LogP contribution >= 0.6 is 0 Å². The van der Waals surface area contributed by atoms with E-state index in [0.717, 1.165) is 18.2 Å². The lowest BCUT2D eigenvalue weighted by Gasteiger charge is -2.16. The van der Waals surface area contributed by atoms with Gasteiger partial charge in [0.2, 0.25) is 10.0 Å². The molecular formula is C21H30N4O3S. The van der Waals surface area contributed by atoms with Gasteiger partial charge in [-0.3, -0.25) is 9.71 Å². The Kier molecular flexibility index (Phi) is 8.95. The van der Waals surface area contributed by atoms with E-state index in [1.165, 1.54) is 5.56 Å². The molecule has 0 heterocycles. The van der Waals surface area contributed by atoms with Crippen molar-refractivity contribution >= 4 is 21.7 Å². The van der Waals surface area contributed by atoms with Gasteiger partial charge in [0.05, 0.1) is 18.0 Å². The number of sulfonamides is 1. The van der Waals surface area contributed by atoms with Gasteiger partial charge in [0.1, 0.15) is 0 Å². The summed E-state index contributed by atoms with van der Waals surface area (Å²) in [5.41, 5.74) is 2.56. The minimum absolute atomic E-state index is 0.0625. The molecule has 29 heavy (non-hydrogen) atoms. The first kappa shape index (κ1) is 22.7. The monoisotopic (exact) mass is 418 g/mol. The van der Waals surface area contributed by atoms with Crippen LogP contribution in [0.15, 0.2) is 59.6 Å². The van der Waals surface area contributed by atoms with Crippen molar-refractivity contribution in [2.75, 3.05) is 31.2 Å². The maximum absolute atomic E-state index is 11.5. The van der Waals surface area contributed by atoms with Crippen LogP contribution in [0.4, 0.5) is 5.69 Å². The summed E-state index contributed by atoms with van der Waals surface area (Å²) in [6.07, 6.45) is 2.04. The van der Waals surface area contributed by atoms with Gasteiger partial charge >= 0.3 is 0 Å². The van der Waals surface area contributed by atoms with Crippen LogP contribution < -0.4 is 15.4 Å². The van der Waals surface area contributed by atoms with E-state index in [4.69, 9.17) is 4.74 Å². The quantitative estimate of drug-likeness (QED) is 0.313. The van der Waals surface area contributed by atoms with Gasteiger partial charge in [0, 0.05) is 26.7 Å². The first-order valence-corrected chi connectivity index (χ1v) is 11.4. The van der Waals surface area contributed by atoms with Gasteiger partial charge in [-0.15, -0.1) is 0 Å². The van der Waals surface area contributed by atoms with E-state index in [1.54, 1.807) is 19.2 Å². The van der Waals surface area contributed by atoms with Gasteiger partial charge in [-0.1, -0.05) is 48.5 Å². The summed E-state index contributed by atoms with van der Waals surface area (Å²) in [7, 11) is -1.63. The highest BCUT2D eigenvalue weighted by Crippen LogP contribution is 2.16. The van der Waals surface area contributed by atoms with Crippen molar-refractivity contribution in [3.8, 4) is 0 Å². The summed E-state index contributed by atoms with van der Waals surface area (Å²) >= 11 is 0. The van der Waals surface area contributed by atoms with Crippen LogP contribution in [0.25, 0.3) is 0 Å². The molecule has 0 spiro atoms. The Morgan fingerprint density at radius 2 is 1.76 bits per heavy atom. The number of guanidine groups is 1. The molecular weight excluding hydrogens is 388 g/mol. The van der Waals surface area contributed by atoms with Crippen molar-refractivity contribution in [3.63, 3.8) is 0 Å². The molecule has 0 aliphatic rings. The Morgan fingerprint density at radius 3 is 2.45 bits per heavy atom. The molecule has 2 aromatic rings. The molecule has 8 heteroatoms. The lowest BCUT2D eigenvalue weighted by Crippen LogP contribution is -2.37. The molecule has 0 saturated heterocycles. The molecule has 0 radical (unpaired) electrons. The third kappa shape index (κ3) is 8.53. The third-order valence-electron chi connectivity index (χ3n) is 4.23. The molecule has 0 saturated carbocycles. The van der Waals surface area contributed by atoms with Crippen LogP contribution in [-0.4, -0.2) is 40.8 Å². The molecule has 0 aliphatic carbocycles. The van der Waals surface area contributed by atoms with Gasteiger partial charge in [-0.05, 0) is 30.5 Å². The van der Waals surface area contributed by atoms with Gasteiger partial charge in [-0.25, -0.2) is 8.42 Å². The molecule has 0 aromatic heterocycles. The number of ether oxygens (including phenoxy) is 1. The number of nitrogens with zero attached hydrogens (tertiary/aromatic N) is 1. The van der Waals surface area contributed by atoms with Crippen LogP contribution in [0.3, 0.4) is 0 Å². The Balaban J connectivity index is 1.73. The van der Waals surface area contributed by atoms with Crippen molar-refractivity contribution in [2.45, 2.75) is 26.0 Å². The molecule has 3 N–H and O–H groups in total. The summed E-state index contributed by atoms with van der Waals surface area (Å²) < 4.78 is 31.4. The van der Waals surface area contributed by atoms with Gasteiger partial charge < -0.3 is 15.4 Å². The Hall–Kier alpha value is -2.58. The average Bonchev–Trinajstić information content (AvgIpc) is 2.70. The molecule has 0 aliphatic heterocycles. The van der Waals surface area contributed by atoms with E-state index in [1.807, 2.05) is 37.3 Å². The number of aliphatic imine (C=N–C) groups is 1. The van der Waals surface area contributed by atoms with Crippen LogP contribution in [0.2, 0.25) is 0 Å². The highest BCUT2D eigenvalue weighted by molar-refractivity contribution is 7.92. The highest BCUT2D eigenvalue weighted by Gasteiger charge is 2.08. The highest BCUT2D eigenvalue weighted by atomic mass is 32.2. The first-order chi connectivity index (χ1) is 13.9. The largest absolute Gasteiger partial charge is 0.374 e. The lowest BCUT2D eigenvalue weighted by molar-refractivity contribution is 0.0646. The zero-order valence-corrected chi connectivity index (χ0v) is 18.0. The van der Waals surface area contributed by atoms with Crippen molar-refractivity contribution in [1.29, 1.82) is 0 Å². The summed E-state index contributed by atoms with van der Waals surface area (Å²) in [4.78, 5) is 4.20. The maximum Gasteiger partial charge on any atom is 0.229 e. The van der Waals surface area contributed by atoms with Crippen molar-refractivity contribution in [2.24, 2.45) is 4.99 Å². The molecule has 0 fully saturated rings. The number of hydrogen-bond acceptors (Lipinski definition) is 4. The molecule has 1 unspecified atom stereocenters. The van der Waals surface area contributed by atoms with Crippen molar-refractivity contribution < 1.29 is 13.2 Å². The number of nitrogens with one attached hydrogen (secondary N) is 3. The summed E-state index contributed by atoms with van der Waals surface area (Å²) in [6.45, 7) is 3.84. The molecule has 7 nitrogen and oxygen atoms in total. The smallest absolute Gasteiger partial charge is 0.229 e. The lowest BCUT2D eigenvalue weighted by atomic mass is 10.1. The van der Waals surface area contributed by atoms with Crippen LogP contribution in [0.1, 0.15) is 30.6 Å². The first-order valence-electron chi connectivity index (χ1n) is 9.56. The minimum atomic E-state index is -3.33. The SMILES string of the molecule is CN=C(NCCCOC(C)c1ccccc1)NCc1ccccc1NS(C)(=O)=O. The molecule has 2 aromatic carbocycles. The molecule has 1 atom stereocenters. The van der Waals surface area contributed by atoms with E-state index in [0.29, 0.717) is 31.3 Å². The molecule has 2 rings (SSSR count). The second-order valence-corrected chi connectivity index (χ2v) is 8.41. The average molecular weight is 419 g/mol. The summed E-state index contributed by atoms with van der Waals surface area (Å²) in [5, 5.41) is 6.44. The van der Waals surface area contributed by atoms with Crippen LogP contribution in [0.5, 0.6) is 0 Å². The number of anilines is 1. The van der Waals surface area contributed by atoms with E-state index in [2.05, 4.69) is 32.5 Å². The fourth-order valence-corrected chi connectivity index (χ4v) is 3.33. The zero-order chi connectivity index (χ0) is 21.1. The Labute approximate surface area is 173 Å². The van der Waals surface area contributed by atoms with Gasteiger partial charge in [0.25, 0.3) is 0 Å². The van der Waals surface area contributed by atoms with E-state index < -0.39 is 10.0 Å². The number of hydrogen-bond donors (Lipinski definition) is 3. The second-order valence-electron chi connectivity index (χ2n) is 6.66. The predicted octanol–water partition coefficient (Wildman–Crippen LogP) is 2.89. The minimum Gasteiger partial charge on any atom is -0.374 e. The fourth-order valence-electron chi connectivity index (χ4n) is 2.73. The second kappa shape index (κ2) is 11.4. The van der Waals surface area contributed by atoms with Crippen molar-refractivity contribution in [1.82, 2.24) is 10.6 Å². The fraction of sp³-hybridized carbons (Fsp3) is 0.381. The summed E-state index contributed by atoms with van der Waals surface area (Å²) in [6, 6.07) is 17.4. The van der Waals surface area contributed by atoms with E-state index in [9.17, 15) is 8.42 Å². The Bertz CT molecular complexity index is 886. The number of para-hydroxylation sites is 1. The van der Waals surface area contributed by atoms with Crippen LogP contribution in [-0.2, 0) is 21.3 Å². The molecule has 0 amide bonds. The topological polar surface area (TPSA) is 91.8 Å². The van der Waals surface area contributed by atoms with E-state index >= 15 is 0 Å². The third-order valence-corrected chi connectivity index (χ3v) is 4.82. The van der Waals surface area contributed by atoms with Gasteiger partial charge in [-0.2, -0.15) is 0 Å². The Morgan fingerprint density at radius 1 is 1.07 bits per heavy atom. The predicted molar refractivity (Wildman–Crippen MR) is 119 cm³/mol. The summed E-state index contributed by atoms with van der Waals surface area (Å²) in [5.74, 6) is 0.648. The maximum atomic E-state index is 11.5. The number of benzene rings is 2. The number of rotatable bonds is 10. The van der Waals surface area contributed by atoms with E-state index in [-0.39, 0.29) is 6.10 Å². The van der Waals surface area contributed by atoms with Crippen LogP contribution in [0, 0.1) is 0 Å². The van der Waals surface area contributed by atoms with Crippen molar-refractivity contribution in [3.05, 3.63) is 65.7 Å². The van der Waals surface area contributed by atoms with Gasteiger partial charge in [0.15, 0.2) is 5.96 Å². The molecule has 0 bridgehead atoms. The zero-order valence-electron chi connectivity index (χ0n) is 17.2. The molecule has 158 valence electrons. The standard InChI is InChI=1S/C21H30N4O3S/c1-17(18-10-5-4-6-11-18)28-15-9-14-23-21(22-2)24-16-19-12-7-8-13-20(19)25-29(3,26)27/h4-8,10-13,17,25H,9,14-16H2,1-3H3,(H2,22,23,24).